The molecule has 0 amide bonds. The van der Waals surface area contributed by atoms with Gasteiger partial charge in [0.05, 0.1) is 6.61 Å². The molecule has 1 heterocycles. The quantitative estimate of drug-likeness (QED) is 0.494. The lowest BCUT2D eigenvalue weighted by molar-refractivity contribution is -0.143. The number of carbonyl (C=O) groups is 1. The summed E-state index contributed by atoms with van der Waals surface area (Å²) in [6, 6.07) is 0. The maximum absolute atomic E-state index is 11.1. The molecule has 94 valence electrons. The number of unbranched alkanes of at least 4 members (excludes halogenated alkanes) is 2. The van der Waals surface area contributed by atoms with Crippen molar-refractivity contribution in [3.05, 3.63) is 0 Å². The predicted molar refractivity (Wildman–Crippen MR) is 65.3 cm³/mol. The molecule has 0 spiro atoms. The number of hydrogen-bond donors (Lipinski definition) is 0. The fourth-order valence-corrected chi connectivity index (χ4v) is 2.24. The highest BCUT2D eigenvalue weighted by Crippen LogP contribution is 2.15. The molecule has 1 fully saturated rings. The third kappa shape index (κ3) is 5.50. The number of ether oxygens (including phenoxy) is 1. The van der Waals surface area contributed by atoms with E-state index >= 15 is 0 Å². The van der Waals surface area contributed by atoms with Crippen molar-refractivity contribution in [2.24, 2.45) is 5.92 Å². The van der Waals surface area contributed by atoms with Crippen molar-refractivity contribution in [2.75, 3.05) is 26.2 Å². The van der Waals surface area contributed by atoms with E-state index in [0.29, 0.717) is 13.0 Å². The third-order valence-corrected chi connectivity index (χ3v) is 3.17. The molecule has 0 bridgehead atoms. The monoisotopic (exact) mass is 227 g/mol. The van der Waals surface area contributed by atoms with Crippen LogP contribution >= 0.6 is 0 Å². The van der Waals surface area contributed by atoms with Crippen molar-refractivity contribution in [2.45, 2.75) is 46.0 Å². The molecule has 1 unspecified atom stereocenters. The van der Waals surface area contributed by atoms with Gasteiger partial charge < -0.3 is 9.64 Å². The van der Waals surface area contributed by atoms with Gasteiger partial charge in [-0.15, -0.1) is 0 Å². The summed E-state index contributed by atoms with van der Waals surface area (Å²) in [5.41, 5.74) is 0. The number of likely N-dealkylation sites (tertiary alicyclic amines) is 1. The molecule has 1 saturated heterocycles. The predicted octanol–water partition coefficient (Wildman–Crippen LogP) is 2.45. The minimum absolute atomic E-state index is 0.0442. The van der Waals surface area contributed by atoms with Gasteiger partial charge >= 0.3 is 5.97 Å². The van der Waals surface area contributed by atoms with Gasteiger partial charge in [0.15, 0.2) is 0 Å². The van der Waals surface area contributed by atoms with Crippen molar-refractivity contribution in [3.8, 4) is 0 Å². The maximum atomic E-state index is 11.1. The summed E-state index contributed by atoms with van der Waals surface area (Å²) >= 11 is 0. The first kappa shape index (κ1) is 13.5. The van der Waals surface area contributed by atoms with Crippen LogP contribution in [0.25, 0.3) is 0 Å². The van der Waals surface area contributed by atoms with Crippen LogP contribution < -0.4 is 0 Å². The largest absolute Gasteiger partial charge is 0.466 e. The van der Waals surface area contributed by atoms with Crippen LogP contribution in [-0.4, -0.2) is 37.1 Å². The van der Waals surface area contributed by atoms with Gasteiger partial charge in [-0.05, 0) is 45.2 Å². The third-order valence-electron chi connectivity index (χ3n) is 3.17. The average molecular weight is 227 g/mol. The molecule has 0 aliphatic carbocycles. The standard InChI is InChI=1S/C13H25NO2/c1-3-16-13(15)7-5-4-6-9-14-10-8-12(2)11-14/h12H,3-11H2,1-2H3. The minimum Gasteiger partial charge on any atom is -0.466 e. The van der Waals surface area contributed by atoms with Gasteiger partial charge in [0.2, 0.25) is 0 Å². The Morgan fingerprint density at radius 1 is 1.38 bits per heavy atom. The molecular formula is C13H25NO2. The van der Waals surface area contributed by atoms with Crippen molar-refractivity contribution in [1.29, 1.82) is 0 Å². The van der Waals surface area contributed by atoms with Crippen LogP contribution in [-0.2, 0) is 9.53 Å². The summed E-state index contributed by atoms with van der Waals surface area (Å²) in [7, 11) is 0. The second-order valence-corrected chi connectivity index (χ2v) is 4.81. The molecule has 3 nitrogen and oxygen atoms in total. The zero-order valence-electron chi connectivity index (χ0n) is 10.7. The van der Waals surface area contributed by atoms with Gasteiger partial charge in [0.1, 0.15) is 0 Å². The Kier molecular flexibility index (Phi) is 6.46. The van der Waals surface area contributed by atoms with Crippen LogP contribution in [0.3, 0.4) is 0 Å². The van der Waals surface area contributed by atoms with Crippen LogP contribution in [0.5, 0.6) is 0 Å². The number of rotatable bonds is 7. The molecule has 1 aliphatic rings. The SMILES string of the molecule is CCOC(=O)CCCCCN1CCC(C)C1. The fourth-order valence-electron chi connectivity index (χ4n) is 2.24. The van der Waals surface area contributed by atoms with E-state index in [2.05, 4.69) is 11.8 Å². The first-order valence-corrected chi connectivity index (χ1v) is 6.60. The number of carbonyl (C=O) groups excluding carboxylic acids is 1. The number of hydrogen-bond acceptors (Lipinski definition) is 3. The fraction of sp³-hybridized carbons (Fsp3) is 0.923. The second-order valence-electron chi connectivity index (χ2n) is 4.81. The van der Waals surface area contributed by atoms with E-state index in [9.17, 15) is 4.79 Å². The zero-order valence-corrected chi connectivity index (χ0v) is 10.7. The Bertz CT molecular complexity index is 206. The van der Waals surface area contributed by atoms with Crippen molar-refractivity contribution < 1.29 is 9.53 Å². The normalized spacial score (nSPS) is 21.2. The Balaban J connectivity index is 1.90. The molecular weight excluding hydrogens is 202 g/mol. The summed E-state index contributed by atoms with van der Waals surface area (Å²) in [5, 5.41) is 0. The Hall–Kier alpha value is -0.570. The summed E-state index contributed by atoms with van der Waals surface area (Å²) in [6.07, 6.45) is 5.27. The average Bonchev–Trinajstić information content (AvgIpc) is 2.64. The molecule has 0 saturated carbocycles. The Morgan fingerprint density at radius 2 is 2.19 bits per heavy atom. The van der Waals surface area contributed by atoms with E-state index in [1.54, 1.807) is 0 Å². The molecule has 16 heavy (non-hydrogen) atoms. The molecule has 0 radical (unpaired) electrons. The molecule has 1 aliphatic heterocycles. The first-order chi connectivity index (χ1) is 7.72. The zero-order chi connectivity index (χ0) is 11.8. The summed E-state index contributed by atoms with van der Waals surface area (Å²) in [4.78, 5) is 13.6. The number of nitrogens with zero attached hydrogens (tertiary/aromatic N) is 1. The molecule has 0 aromatic rings. The molecule has 1 rings (SSSR count). The van der Waals surface area contributed by atoms with Gasteiger partial charge in [0, 0.05) is 13.0 Å². The van der Waals surface area contributed by atoms with Crippen LogP contribution in [0.15, 0.2) is 0 Å². The topological polar surface area (TPSA) is 29.5 Å². The van der Waals surface area contributed by atoms with Gasteiger partial charge in [0.25, 0.3) is 0 Å². The molecule has 0 N–H and O–H groups in total. The maximum Gasteiger partial charge on any atom is 0.305 e. The van der Waals surface area contributed by atoms with Crippen LogP contribution in [0.1, 0.15) is 46.0 Å². The van der Waals surface area contributed by atoms with E-state index < -0.39 is 0 Å². The lowest BCUT2D eigenvalue weighted by Crippen LogP contribution is -2.21. The van der Waals surface area contributed by atoms with E-state index in [1.165, 1.54) is 32.5 Å². The highest BCUT2D eigenvalue weighted by molar-refractivity contribution is 5.69. The van der Waals surface area contributed by atoms with Crippen LogP contribution in [0, 0.1) is 5.92 Å². The molecule has 1 atom stereocenters. The van der Waals surface area contributed by atoms with E-state index in [-0.39, 0.29) is 5.97 Å². The van der Waals surface area contributed by atoms with Gasteiger partial charge in [-0.25, -0.2) is 0 Å². The number of esters is 1. The minimum atomic E-state index is -0.0442. The lowest BCUT2D eigenvalue weighted by atomic mass is 10.2. The smallest absolute Gasteiger partial charge is 0.305 e. The van der Waals surface area contributed by atoms with Crippen LogP contribution in [0.4, 0.5) is 0 Å². The van der Waals surface area contributed by atoms with Gasteiger partial charge in [-0.2, -0.15) is 0 Å². The Labute approximate surface area is 99.1 Å². The first-order valence-electron chi connectivity index (χ1n) is 6.60. The molecule has 0 aromatic carbocycles. The van der Waals surface area contributed by atoms with E-state index in [0.717, 1.165) is 18.8 Å². The summed E-state index contributed by atoms with van der Waals surface area (Å²) < 4.78 is 4.89. The highest BCUT2D eigenvalue weighted by Gasteiger charge is 2.17. The summed E-state index contributed by atoms with van der Waals surface area (Å²) in [6.45, 7) is 8.40. The van der Waals surface area contributed by atoms with Crippen LogP contribution in [0.2, 0.25) is 0 Å². The molecule has 0 aromatic heterocycles. The Morgan fingerprint density at radius 3 is 2.81 bits per heavy atom. The lowest BCUT2D eigenvalue weighted by Gasteiger charge is -2.14. The highest BCUT2D eigenvalue weighted by atomic mass is 16.5. The van der Waals surface area contributed by atoms with E-state index in [1.807, 2.05) is 6.92 Å². The van der Waals surface area contributed by atoms with Crippen molar-refractivity contribution in [3.63, 3.8) is 0 Å². The van der Waals surface area contributed by atoms with E-state index in [4.69, 9.17) is 4.74 Å². The van der Waals surface area contributed by atoms with Gasteiger partial charge in [-0.3, -0.25) is 4.79 Å². The summed E-state index contributed by atoms with van der Waals surface area (Å²) in [5.74, 6) is 0.830. The van der Waals surface area contributed by atoms with Crippen molar-refractivity contribution >= 4 is 5.97 Å². The second kappa shape index (κ2) is 7.66. The van der Waals surface area contributed by atoms with Crippen molar-refractivity contribution in [1.82, 2.24) is 4.90 Å². The van der Waals surface area contributed by atoms with Gasteiger partial charge in [-0.1, -0.05) is 13.3 Å². The molecule has 3 heteroatoms.